The zero-order chi connectivity index (χ0) is 72.2. The monoisotopic (exact) mass is 1380 g/mol. The minimum absolute atomic E-state index is 0.688. The van der Waals surface area contributed by atoms with Crippen LogP contribution in [0.5, 0.6) is 0 Å². The predicted molar refractivity (Wildman–Crippen MR) is 438 cm³/mol. The lowest BCUT2D eigenvalue weighted by Gasteiger charge is -2.11. The Morgan fingerprint density at radius 3 is 0.778 bits per heavy atom. The Bertz CT molecular complexity index is 5690. The molecule has 108 heavy (non-hydrogen) atoms. The van der Waals surface area contributed by atoms with E-state index in [1.165, 1.54) is 0 Å². The van der Waals surface area contributed by atoms with E-state index >= 15 is 0 Å². The molecule has 0 bridgehead atoms. The molecule has 8 aromatic heterocycles. The zero-order valence-electron chi connectivity index (χ0n) is 58.6. The number of benzene rings is 10. The molecular formula is C98H66N10. The van der Waals surface area contributed by atoms with Crippen LogP contribution in [0, 0.1) is 0 Å². The van der Waals surface area contributed by atoms with Crippen molar-refractivity contribution in [3.05, 3.63) is 401 Å². The van der Waals surface area contributed by atoms with Gasteiger partial charge in [0.25, 0.3) is 0 Å². The molecule has 10 aromatic carbocycles. The van der Waals surface area contributed by atoms with Gasteiger partial charge in [0.2, 0.25) is 0 Å². The second-order valence-electron chi connectivity index (χ2n) is 26.0. The van der Waals surface area contributed by atoms with Gasteiger partial charge in [0.15, 0.2) is 11.6 Å². The van der Waals surface area contributed by atoms with Crippen LogP contribution in [0.3, 0.4) is 0 Å². The van der Waals surface area contributed by atoms with E-state index in [4.69, 9.17) is 39.9 Å². The SMILES string of the molecule is c1ccc(-c2cc(-c3ccccn3)nc(-c3ccc(-c4cccc(-c5ccc(-c6nc(-c7ccccc7)cc(-c7ccccc7)n6)cc5)c4)cn3)c2)cc1.c1ccc(-c2cc(-c3ccccn3)nc(-c3cccc(-c4cccc(-c5ccc(-c6nc(-c7ccccc7)cc(-c7ccccc7)n6)cc5)c4)n3)c2)cc1. The largest absolute Gasteiger partial charge is 0.255 e. The van der Waals surface area contributed by atoms with Crippen LogP contribution in [0.4, 0.5) is 0 Å². The summed E-state index contributed by atoms with van der Waals surface area (Å²) in [6.45, 7) is 0. The van der Waals surface area contributed by atoms with Gasteiger partial charge in [0, 0.05) is 63.1 Å². The summed E-state index contributed by atoms with van der Waals surface area (Å²) in [6.07, 6.45) is 5.52. The molecule has 0 N–H and O–H groups in total. The minimum atomic E-state index is 0.688. The lowest BCUT2D eigenvalue weighted by Crippen LogP contribution is -1.96. The molecule has 10 nitrogen and oxygen atoms in total. The highest BCUT2D eigenvalue weighted by Gasteiger charge is 2.18. The fraction of sp³-hybridized carbons (Fsp3) is 0. The molecule has 18 aromatic rings. The summed E-state index contributed by atoms with van der Waals surface area (Å²) >= 11 is 0. The fourth-order valence-corrected chi connectivity index (χ4v) is 13.2. The normalized spacial score (nSPS) is 11.0. The van der Waals surface area contributed by atoms with Crippen molar-refractivity contribution in [3.63, 3.8) is 0 Å². The highest BCUT2D eigenvalue weighted by atomic mass is 14.9. The quantitative estimate of drug-likeness (QED) is 0.0922. The molecule has 0 aliphatic heterocycles. The second-order valence-corrected chi connectivity index (χ2v) is 26.0. The van der Waals surface area contributed by atoms with Crippen LogP contribution in [0.1, 0.15) is 0 Å². The topological polar surface area (TPSA) is 129 Å². The van der Waals surface area contributed by atoms with Crippen molar-refractivity contribution >= 4 is 0 Å². The first-order chi connectivity index (χ1) is 53.5. The first kappa shape index (κ1) is 66.5. The van der Waals surface area contributed by atoms with E-state index < -0.39 is 0 Å². The van der Waals surface area contributed by atoms with Crippen LogP contribution >= 0.6 is 0 Å². The molecule has 0 aliphatic carbocycles. The van der Waals surface area contributed by atoms with Gasteiger partial charge in [0.1, 0.15) is 0 Å². The van der Waals surface area contributed by atoms with Crippen molar-refractivity contribution in [2.75, 3.05) is 0 Å². The van der Waals surface area contributed by atoms with Gasteiger partial charge in [-0.3, -0.25) is 15.0 Å². The van der Waals surface area contributed by atoms with E-state index in [-0.39, 0.29) is 0 Å². The number of nitrogens with zero attached hydrogens (tertiary/aromatic N) is 10. The van der Waals surface area contributed by atoms with E-state index in [2.05, 4.69) is 222 Å². The molecule has 0 spiro atoms. The van der Waals surface area contributed by atoms with Crippen molar-refractivity contribution in [3.8, 4) is 180 Å². The summed E-state index contributed by atoms with van der Waals surface area (Å²) in [5, 5.41) is 0. The molecule has 0 radical (unpaired) electrons. The second kappa shape index (κ2) is 31.1. The molecule has 0 fully saturated rings. The highest BCUT2D eigenvalue weighted by molar-refractivity contribution is 5.82. The molecule has 508 valence electrons. The average Bonchev–Trinajstić information content (AvgIpc) is 0.807. The first-order valence-electron chi connectivity index (χ1n) is 35.8. The standard InChI is InChI=1S/2C49H33N5/c1-4-14-34(15-5-1)41-31-47(43-22-10-11-29-50-43)52-48(32-41)44-24-13-23-42(51-44)40-21-12-20-39(30-40)35-25-27-38(28-26-35)49-53-45(36-16-6-2-7-17-36)33-46(54-49)37-18-8-3-9-19-37;1-4-13-34(14-5-1)42-30-47(43-21-10-11-28-50-43)52-48(31-42)44-27-26-41(33-51-44)40-20-12-19-39(29-40)35-22-24-38(25-23-35)49-53-45(36-15-6-2-7-16-36)32-46(54-49)37-17-8-3-9-18-37/h2*1-33H. The van der Waals surface area contributed by atoms with E-state index in [0.717, 1.165) is 169 Å². The summed E-state index contributed by atoms with van der Waals surface area (Å²) in [5.41, 5.74) is 28.9. The van der Waals surface area contributed by atoms with Gasteiger partial charge in [0.05, 0.1) is 74.0 Å². The Morgan fingerprint density at radius 1 is 0.120 bits per heavy atom. The molecule has 10 heteroatoms. The lowest BCUT2D eigenvalue weighted by atomic mass is 9.98. The van der Waals surface area contributed by atoms with Crippen molar-refractivity contribution in [2.24, 2.45) is 0 Å². The van der Waals surface area contributed by atoms with Gasteiger partial charge in [-0.05, 0) is 141 Å². The minimum Gasteiger partial charge on any atom is -0.255 e. The van der Waals surface area contributed by atoms with Crippen molar-refractivity contribution in [2.45, 2.75) is 0 Å². The zero-order valence-corrected chi connectivity index (χ0v) is 58.6. The van der Waals surface area contributed by atoms with Gasteiger partial charge < -0.3 is 0 Å². The Hall–Kier alpha value is -14.7. The van der Waals surface area contributed by atoms with Gasteiger partial charge in [-0.2, -0.15) is 0 Å². The van der Waals surface area contributed by atoms with Crippen LogP contribution < -0.4 is 0 Å². The third kappa shape index (κ3) is 15.2. The smallest absolute Gasteiger partial charge is 0.160 e. The molecule has 8 heterocycles. The Balaban J connectivity index is 0.000000158. The summed E-state index contributed by atoms with van der Waals surface area (Å²) in [6, 6.07) is 130. The number of hydrogen-bond acceptors (Lipinski definition) is 10. The maximum atomic E-state index is 5.14. The van der Waals surface area contributed by atoms with Gasteiger partial charge >= 0.3 is 0 Å². The molecule has 0 saturated heterocycles. The number of pyridine rings is 6. The maximum absolute atomic E-state index is 5.14. The van der Waals surface area contributed by atoms with Crippen LogP contribution in [-0.4, -0.2) is 49.8 Å². The van der Waals surface area contributed by atoms with Crippen molar-refractivity contribution < 1.29 is 0 Å². The molecule has 0 atom stereocenters. The molecule has 0 unspecified atom stereocenters. The van der Waals surface area contributed by atoms with Crippen LogP contribution in [-0.2, 0) is 0 Å². The Labute approximate surface area is 627 Å². The van der Waals surface area contributed by atoms with Crippen molar-refractivity contribution in [1.82, 2.24) is 49.8 Å². The summed E-state index contributed by atoms with van der Waals surface area (Å²) in [7, 11) is 0. The fourth-order valence-electron chi connectivity index (χ4n) is 13.2. The van der Waals surface area contributed by atoms with E-state index in [0.29, 0.717) is 11.6 Å². The third-order valence-corrected chi connectivity index (χ3v) is 18.8. The molecule has 0 saturated carbocycles. The van der Waals surface area contributed by atoms with Crippen LogP contribution in [0.2, 0.25) is 0 Å². The summed E-state index contributed by atoms with van der Waals surface area (Å²) < 4.78 is 0. The molecular weight excluding hydrogens is 1320 g/mol. The van der Waals surface area contributed by atoms with E-state index in [1.54, 1.807) is 12.4 Å². The number of rotatable bonds is 16. The maximum Gasteiger partial charge on any atom is 0.160 e. The van der Waals surface area contributed by atoms with E-state index in [1.807, 2.05) is 176 Å². The Kier molecular flexibility index (Phi) is 19.1. The van der Waals surface area contributed by atoms with Gasteiger partial charge in [-0.1, -0.05) is 291 Å². The van der Waals surface area contributed by atoms with Crippen LogP contribution in [0.25, 0.3) is 180 Å². The predicted octanol–water partition coefficient (Wildman–Crippen LogP) is 24.0. The molecule has 18 rings (SSSR count). The number of hydrogen-bond donors (Lipinski definition) is 0. The average molecular weight is 1380 g/mol. The van der Waals surface area contributed by atoms with Crippen molar-refractivity contribution in [1.29, 1.82) is 0 Å². The third-order valence-electron chi connectivity index (χ3n) is 18.8. The van der Waals surface area contributed by atoms with Gasteiger partial charge in [-0.25, -0.2) is 34.9 Å². The van der Waals surface area contributed by atoms with Crippen LogP contribution in [0.15, 0.2) is 401 Å². The van der Waals surface area contributed by atoms with E-state index in [9.17, 15) is 0 Å². The van der Waals surface area contributed by atoms with Gasteiger partial charge in [-0.15, -0.1) is 0 Å². The number of aromatic nitrogens is 10. The highest BCUT2D eigenvalue weighted by Crippen LogP contribution is 2.37. The Morgan fingerprint density at radius 2 is 0.398 bits per heavy atom. The summed E-state index contributed by atoms with van der Waals surface area (Å²) in [5.74, 6) is 1.38. The summed E-state index contributed by atoms with van der Waals surface area (Å²) in [4.78, 5) is 49.2. The first-order valence-corrected chi connectivity index (χ1v) is 35.8. The molecule has 0 amide bonds. The lowest BCUT2D eigenvalue weighted by molar-refractivity contribution is 1.18. The molecule has 0 aliphatic rings.